The lowest BCUT2D eigenvalue weighted by Crippen LogP contribution is -2.21. The number of aryl methyl sites for hydroxylation is 1. The van der Waals surface area contributed by atoms with Crippen molar-refractivity contribution < 1.29 is 22.8 Å². The van der Waals surface area contributed by atoms with Gasteiger partial charge in [0.15, 0.2) is 5.69 Å². The lowest BCUT2D eigenvalue weighted by atomic mass is 10.1. The highest BCUT2D eigenvalue weighted by molar-refractivity contribution is 6.05. The van der Waals surface area contributed by atoms with Crippen LogP contribution in [0.25, 0.3) is 5.69 Å². The summed E-state index contributed by atoms with van der Waals surface area (Å²) < 4.78 is 42.3. The molecule has 0 bridgehead atoms. The van der Waals surface area contributed by atoms with Crippen molar-refractivity contribution in [1.29, 1.82) is 0 Å². The summed E-state index contributed by atoms with van der Waals surface area (Å²) in [6.45, 7) is 5.52. The molecule has 3 rings (SSSR count). The third-order valence-electron chi connectivity index (χ3n) is 4.65. The molecule has 32 heavy (non-hydrogen) atoms. The summed E-state index contributed by atoms with van der Waals surface area (Å²) in [5.74, 6) is -0.874. The summed E-state index contributed by atoms with van der Waals surface area (Å²) in [4.78, 5) is 24.5. The summed E-state index contributed by atoms with van der Waals surface area (Å²) >= 11 is 0. The number of hydrogen-bond acceptors (Lipinski definition) is 3. The summed E-state index contributed by atoms with van der Waals surface area (Å²) in [6.07, 6.45) is -3.52. The summed E-state index contributed by atoms with van der Waals surface area (Å²) in [5, 5.41) is 9.02. The van der Waals surface area contributed by atoms with Gasteiger partial charge in [0.25, 0.3) is 5.91 Å². The topological polar surface area (TPSA) is 76.0 Å². The number of aromatic nitrogens is 2. The van der Waals surface area contributed by atoms with Gasteiger partial charge in [-0.3, -0.25) is 9.59 Å². The predicted octanol–water partition coefficient (Wildman–Crippen LogP) is 5.44. The van der Waals surface area contributed by atoms with Gasteiger partial charge in [0.1, 0.15) is 0 Å². The normalized spacial score (nSPS) is 11.5. The Morgan fingerprint density at radius 3 is 2.16 bits per heavy atom. The van der Waals surface area contributed by atoms with Gasteiger partial charge in [-0.1, -0.05) is 32.0 Å². The van der Waals surface area contributed by atoms with Crippen molar-refractivity contribution in [3.8, 4) is 5.69 Å². The van der Waals surface area contributed by atoms with E-state index in [0.717, 1.165) is 10.9 Å². The molecule has 0 aliphatic heterocycles. The van der Waals surface area contributed by atoms with E-state index in [0.29, 0.717) is 17.7 Å². The average molecular weight is 444 g/mol. The van der Waals surface area contributed by atoms with Gasteiger partial charge in [-0.05, 0) is 48.7 Å². The molecule has 2 aromatic carbocycles. The van der Waals surface area contributed by atoms with Crippen molar-refractivity contribution in [3.05, 3.63) is 71.5 Å². The highest BCUT2D eigenvalue weighted by Gasteiger charge is 2.40. The molecular weight excluding hydrogens is 421 g/mol. The van der Waals surface area contributed by atoms with Crippen LogP contribution in [0.2, 0.25) is 0 Å². The van der Waals surface area contributed by atoms with E-state index in [1.165, 1.54) is 18.2 Å². The Morgan fingerprint density at radius 1 is 1.00 bits per heavy atom. The van der Waals surface area contributed by atoms with Crippen LogP contribution in [-0.4, -0.2) is 21.6 Å². The SMILES string of the molecule is Cc1ccccc1-n1ncc(C(=O)Nc2ccc(NC(=O)CC(C)C)cc2)c1C(F)(F)F. The van der Waals surface area contributed by atoms with Gasteiger partial charge < -0.3 is 10.6 Å². The van der Waals surface area contributed by atoms with Crippen LogP contribution in [0, 0.1) is 12.8 Å². The summed E-state index contributed by atoms with van der Waals surface area (Å²) in [7, 11) is 0. The molecule has 0 radical (unpaired) electrons. The monoisotopic (exact) mass is 444 g/mol. The molecule has 2 amide bonds. The Balaban J connectivity index is 1.83. The molecular formula is C23H23F3N4O2. The number of amides is 2. The molecule has 0 aliphatic carbocycles. The van der Waals surface area contributed by atoms with Gasteiger partial charge in [0.2, 0.25) is 5.91 Å². The van der Waals surface area contributed by atoms with E-state index in [9.17, 15) is 22.8 Å². The van der Waals surface area contributed by atoms with E-state index in [2.05, 4.69) is 15.7 Å². The van der Waals surface area contributed by atoms with Crippen LogP contribution in [-0.2, 0) is 11.0 Å². The number of hydrogen-bond donors (Lipinski definition) is 2. The van der Waals surface area contributed by atoms with Crippen molar-refractivity contribution in [3.63, 3.8) is 0 Å². The van der Waals surface area contributed by atoms with Crippen LogP contribution in [0.4, 0.5) is 24.5 Å². The van der Waals surface area contributed by atoms with Gasteiger partial charge in [-0.15, -0.1) is 0 Å². The number of carbonyl (C=O) groups excluding carboxylic acids is 2. The number of carbonyl (C=O) groups is 2. The second kappa shape index (κ2) is 9.25. The smallest absolute Gasteiger partial charge is 0.326 e. The fourth-order valence-electron chi connectivity index (χ4n) is 3.19. The second-order valence-corrected chi connectivity index (χ2v) is 7.78. The molecule has 0 aliphatic rings. The molecule has 0 unspecified atom stereocenters. The lowest BCUT2D eigenvalue weighted by Gasteiger charge is -2.14. The quantitative estimate of drug-likeness (QED) is 0.532. The first kappa shape index (κ1) is 23.1. The number of anilines is 2. The molecule has 0 spiro atoms. The van der Waals surface area contributed by atoms with Gasteiger partial charge in [-0.25, -0.2) is 4.68 Å². The van der Waals surface area contributed by atoms with E-state index >= 15 is 0 Å². The Hall–Kier alpha value is -3.62. The van der Waals surface area contributed by atoms with Crippen LogP contribution in [0.15, 0.2) is 54.7 Å². The second-order valence-electron chi connectivity index (χ2n) is 7.78. The molecule has 6 nitrogen and oxygen atoms in total. The summed E-state index contributed by atoms with van der Waals surface area (Å²) in [6, 6.07) is 12.6. The summed E-state index contributed by atoms with van der Waals surface area (Å²) in [5.41, 5.74) is -0.105. The molecule has 0 saturated carbocycles. The third kappa shape index (κ3) is 5.35. The van der Waals surface area contributed by atoms with Gasteiger partial charge >= 0.3 is 6.18 Å². The van der Waals surface area contributed by atoms with Gasteiger partial charge in [0.05, 0.1) is 17.4 Å². The zero-order chi connectivity index (χ0) is 23.5. The lowest BCUT2D eigenvalue weighted by molar-refractivity contribution is -0.143. The minimum absolute atomic E-state index is 0.143. The maximum atomic E-state index is 13.8. The first-order valence-corrected chi connectivity index (χ1v) is 9.98. The van der Waals surface area contributed by atoms with Crippen LogP contribution in [0.3, 0.4) is 0 Å². The molecule has 1 aromatic heterocycles. The van der Waals surface area contributed by atoms with Crippen molar-refractivity contribution >= 4 is 23.2 Å². The van der Waals surface area contributed by atoms with Gasteiger partial charge in [0, 0.05) is 17.8 Å². The van der Waals surface area contributed by atoms with Crippen molar-refractivity contribution in [2.75, 3.05) is 10.6 Å². The fourth-order valence-corrected chi connectivity index (χ4v) is 3.19. The highest BCUT2D eigenvalue weighted by Crippen LogP contribution is 2.34. The van der Waals surface area contributed by atoms with E-state index in [1.54, 1.807) is 37.3 Å². The van der Waals surface area contributed by atoms with Crippen LogP contribution >= 0.6 is 0 Å². The largest absolute Gasteiger partial charge is 0.434 e. The molecule has 0 saturated heterocycles. The Labute approximate surface area is 183 Å². The minimum atomic E-state index is -4.80. The first-order chi connectivity index (χ1) is 15.1. The number of para-hydroxylation sites is 1. The number of halogens is 3. The highest BCUT2D eigenvalue weighted by atomic mass is 19.4. The molecule has 0 fully saturated rings. The van der Waals surface area contributed by atoms with Gasteiger partial charge in [-0.2, -0.15) is 18.3 Å². The molecule has 1 heterocycles. The number of benzene rings is 2. The van der Waals surface area contributed by atoms with E-state index in [1.807, 2.05) is 13.8 Å². The zero-order valence-electron chi connectivity index (χ0n) is 17.8. The maximum Gasteiger partial charge on any atom is 0.434 e. The number of rotatable bonds is 6. The Bertz CT molecular complexity index is 1120. The van der Waals surface area contributed by atoms with Crippen molar-refractivity contribution in [2.45, 2.75) is 33.4 Å². The molecule has 3 aromatic rings. The number of nitrogens with one attached hydrogen (secondary N) is 2. The van der Waals surface area contributed by atoms with Crippen LogP contribution in [0.5, 0.6) is 0 Å². The number of alkyl halides is 3. The molecule has 168 valence electrons. The molecule has 0 atom stereocenters. The molecule has 9 heteroatoms. The van der Waals surface area contributed by atoms with E-state index < -0.39 is 23.3 Å². The van der Waals surface area contributed by atoms with E-state index in [-0.39, 0.29) is 23.2 Å². The van der Waals surface area contributed by atoms with Crippen LogP contribution < -0.4 is 10.6 Å². The maximum absolute atomic E-state index is 13.8. The predicted molar refractivity (Wildman–Crippen MR) is 116 cm³/mol. The Morgan fingerprint density at radius 2 is 1.59 bits per heavy atom. The van der Waals surface area contributed by atoms with E-state index in [4.69, 9.17) is 0 Å². The average Bonchev–Trinajstić information content (AvgIpc) is 3.15. The molecule has 2 N–H and O–H groups in total. The standard InChI is InChI=1S/C23H23F3N4O2/c1-14(2)12-20(31)28-16-8-10-17(11-9-16)29-22(32)18-13-27-30(21(18)23(24,25)26)19-7-5-4-6-15(19)3/h4-11,13-14H,12H2,1-3H3,(H,28,31)(H,29,32). The third-order valence-corrected chi connectivity index (χ3v) is 4.65. The van der Waals surface area contributed by atoms with Crippen molar-refractivity contribution in [1.82, 2.24) is 9.78 Å². The number of nitrogens with zero attached hydrogens (tertiary/aromatic N) is 2. The minimum Gasteiger partial charge on any atom is -0.326 e. The zero-order valence-corrected chi connectivity index (χ0v) is 17.8. The van der Waals surface area contributed by atoms with Crippen LogP contribution in [0.1, 0.15) is 41.9 Å². The fraction of sp³-hybridized carbons (Fsp3) is 0.261. The Kier molecular flexibility index (Phi) is 6.67. The first-order valence-electron chi connectivity index (χ1n) is 9.98. The van der Waals surface area contributed by atoms with Crippen molar-refractivity contribution in [2.24, 2.45) is 5.92 Å².